The van der Waals surface area contributed by atoms with E-state index in [1.54, 1.807) is 54.6 Å². The maximum Gasteiger partial charge on any atom is 0.161 e. The zero-order valence-corrected chi connectivity index (χ0v) is 15.9. The molecule has 0 heterocycles. The Bertz CT molecular complexity index is 1070. The first-order valence-electron chi connectivity index (χ1n) is 9.11. The second-order valence-electron chi connectivity index (χ2n) is 6.21. The van der Waals surface area contributed by atoms with E-state index in [0.29, 0.717) is 29.2 Å². The predicted octanol–water partition coefficient (Wildman–Crippen LogP) is 6.01. The smallest absolute Gasteiger partial charge is 0.161 e. The quantitative estimate of drug-likeness (QED) is 0.366. The third-order valence-electron chi connectivity index (χ3n) is 4.15. The Morgan fingerprint density at radius 2 is 1.79 bits per heavy atom. The van der Waals surface area contributed by atoms with E-state index < -0.39 is 5.82 Å². The second kappa shape index (κ2) is 9.52. The van der Waals surface area contributed by atoms with Crippen LogP contribution in [-0.4, -0.2) is 6.61 Å². The van der Waals surface area contributed by atoms with Gasteiger partial charge in [-0.2, -0.15) is 5.26 Å². The molecule has 0 saturated heterocycles. The Hall–Kier alpha value is -3.65. The monoisotopic (exact) mass is 391 g/mol. The Morgan fingerprint density at radius 1 is 0.966 bits per heavy atom. The largest absolute Gasteiger partial charge is 0.490 e. The van der Waals surface area contributed by atoms with Crippen LogP contribution < -0.4 is 9.47 Å². The SMILES string of the molecule is CCOc1cc(C=C(C#N)c2ccccc2F)ccc1OCc1cccc(F)c1. The van der Waals surface area contributed by atoms with Crippen molar-refractivity contribution >= 4 is 11.6 Å². The molecule has 0 spiro atoms. The van der Waals surface area contributed by atoms with Crippen LogP contribution in [0.1, 0.15) is 23.6 Å². The Balaban J connectivity index is 1.87. The van der Waals surface area contributed by atoms with Crippen LogP contribution in [0.2, 0.25) is 0 Å². The molecule has 0 aromatic heterocycles. The molecule has 0 atom stereocenters. The summed E-state index contributed by atoms with van der Waals surface area (Å²) in [7, 11) is 0. The molecule has 0 aliphatic rings. The maximum absolute atomic E-state index is 14.0. The molecule has 0 unspecified atom stereocenters. The van der Waals surface area contributed by atoms with Crippen molar-refractivity contribution < 1.29 is 18.3 Å². The highest BCUT2D eigenvalue weighted by molar-refractivity contribution is 5.90. The molecule has 3 aromatic rings. The van der Waals surface area contributed by atoms with Gasteiger partial charge in [-0.3, -0.25) is 0 Å². The molecular formula is C24H19F2NO2. The van der Waals surface area contributed by atoms with Crippen molar-refractivity contribution in [3.63, 3.8) is 0 Å². The fourth-order valence-electron chi connectivity index (χ4n) is 2.81. The molecule has 0 fully saturated rings. The molecule has 3 nitrogen and oxygen atoms in total. The van der Waals surface area contributed by atoms with Crippen LogP contribution in [0.25, 0.3) is 11.6 Å². The molecule has 0 amide bonds. The number of nitrogens with zero attached hydrogens (tertiary/aromatic N) is 1. The summed E-state index contributed by atoms with van der Waals surface area (Å²) in [6, 6.07) is 19.5. The minimum absolute atomic E-state index is 0.186. The van der Waals surface area contributed by atoms with Crippen LogP contribution in [-0.2, 0) is 6.61 Å². The van der Waals surface area contributed by atoms with E-state index in [4.69, 9.17) is 9.47 Å². The summed E-state index contributed by atoms with van der Waals surface area (Å²) >= 11 is 0. The Labute approximate surface area is 168 Å². The third kappa shape index (κ3) is 5.20. The van der Waals surface area contributed by atoms with Gasteiger partial charge >= 0.3 is 0 Å². The van der Waals surface area contributed by atoms with Crippen LogP contribution >= 0.6 is 0 Å². The predicted molar refractivity (Wildman–Crippen MR) is 108 cm³/mol. The maximum atomic E-state index is 14.0. The molecule has 29 heavy (non-hydrogen) atoms. The number of nitriles is 1. The standard InChI is InChI=1S/C24H19F2NO2/c1-2-28-24-14-17(12-19(15-27)21-8-3-4-9-22(21)26)10-11-23(24)29-16-18-6-5-7-20(25)13-18/h3-14H,2,16H2,1H3. The fraction of sp³-hybridized carbons (Fsp3) is 0.125. The molecule has 0 radical (unpaired) electrons. The van der Waals surface area contributed by atoms with Gasteiger partial charge in [-0.25, -0.2) is 8.78 Å². The van der Waals surface area contributed by atoms with E-state index in [2.05, 4.69) is 0 Å². The first kappa shape index (κ1) is 20.1. The van der Waals surface area contributed by atoms with Gasteiger partial charge in [-0.15, -0.1) is 0 Å². The van der Waals surface area contributed by atoms with Crippen molar-refractivity contribution in [3.05, 3.63) is 95.1 Å². The average Bonchev–Trinajstić information content (AvgIpc) is 2.72. The fourth-order valence-corrected chi connectivity index (χ4v) is 2.81. The van der Waals surface area contributed by atoms with Crippen molar-refractivity contribution in [1.82, 2.24) is 0 Å². The van der Waals surface area contributed by atoms with Gasteiger partial charge in [0.1, 0.15) is 18.2 Å². The van der Waals surface area contributed by atoms with E-state index in [1.807, 2.05) is 13.0 Å². The summed E-state index contributed by atoms with van der Waals surface area (Å²) in [5.41, 5.74) is 1.81. The molecule has 5 heteroatoms. The molecule has 0 aliphatic heterocycles. The zero-order valence-electron chi connectivity index (χ0n) is 15.9. The Morgan fingerprint density at radius 3 is 2.52 bits per heavy atom. The minimum Gasteiger partial charge on any atom is -0.490 e. The van der Waals surface area contributed by atoms with Crippen molar-refractivity contribution in [3.8, 4) is 17.6 Å². The van der Waals surface area contributed by atoms with Crippen LogP contribution in [0.15, 0.2) is 66.7 Å². The first-order chi connectivity index (χ1) is 14.1. The second-order valence-corrected chi connectivity index (χ2v) is 6.21. The van der Waals surface area contributed by atoms with Crippen LogP contribution in [0, 0.1) is 23.0 Å². The molecule has 0 saturated carbocycles. The van der Waals surface area contributed by atoms with Gasteiger partial charge in [-0.05, 0) is 54.5 Å². The lowest BCUT2D eigenvalue weighted by Crippen LogP contribution is -2.00. The third-order valence-corrected chi connectivity index (χ3v) is 4.15. The molecule has 146 valence electrons. The van der Waals surface area contributed by atoms with E-state index in [9.17, 15) is 14.0 Å². The van der Waals surface area contributed by atoms with Gasteiger partial charge < -0.3 is 9.47 Å². The van der Waals surface area contributed by atoms with E-state index in [0.717, 1.165) is 0 Å². The lowest BCUT2D eigenvalue weighted by Gasteiger charge is -2.13. The molecule has 0 N–H and O–H groups in total. The normalized spacial score (nSPS) is 11.0. The summed E-state index contributed by atoms with van der Waals surface area (Å²) in [4.78, 5) is 0. The topological polar surface area (TPSA) is 42.2 Å². The number of allylic oxidation sites excluding steroid dienone is 1. The van der Waals surface area contributed by atoms with Gasteiger partial charge in [0, 0.05) is 5.56 Å². The zero-order chi connectivity index (χ0) is 20.6. The van der Waals surface area contributed by atoms with E-state index in [1.165, 1.54) is 18.2 Å². The first-order valence-corrected chi connectivity index (χ1v) is 9.11. The van der Waals surface area contributed by atoms with Gasteiger partial charge in [0.2, 0.25) is 0 Å². The van der Waals surface area contributed by atoms with Crippen molar-refractivity contribution in [2.24, 2.45) is 0 Å². The molecular weight excluding hydrogens is 372 g/mol. The van der Waals surface area contributed by atoms with Gasteiger partial charge in [0.25, 0.3) is 0 Å². The molecule has 3 aromatic carbocycles. The number of halogens is 2. The van der Waals surface area contributed by atoms with Crippen LogP contribution in [0.5, 0.6) is 11.5 Å². The van der Waals surface area contributed by atoms with E-state index >= 15 is 0 Å². The van der Waals surface area contributed by atoms with Crippen molar-refractivity contribution in [1.29, 1.82) is 5.26 Å². The summed E-state index contributed by atoms with van der Waals surface area (Å²) in [5.74, 6) is 0.204. The molecule has 0 bridgehead atoms. The number of hydrogen-bond donors (Lipinski definition) is 0. The summed E-state index contributed by atoms with van der Waals surface area (Å²) < 4.78 is 38.8. The average molecular weight is 391 g/mol. The number of benzene rings is 3. The summed E-state index contributed by atoms with van der Waals surface area (Å²) in [6.45, 7) is 2.45. The van der Waals surface area contributed by atoms with Crippen LogP contribution in [0.3, 0.4) is 0 Å². The minimum atomic E-state index is -0.458. The van der Waals surface area contributed by atoms with E-state index in [-0.39, 0.29) is 23.6 Å². The highest BCUT2D eigenvalue weighted by atomic mass is 19.1. The van der Waals surface area contributed by atoms with Gasteiger partial charge in [0.15, 0.2) is 11.5 Å². The van der Waals surface area contributed by atoms with Crippen molar-refractivity contribution in [2.75, 3.05) is 6.61 Å². The summed E-state index contributed by atoms with van der Waals surface area (Å²) in [6.07, 6.45) is 1.59. The van der Waals surface area contributed by atoms with Gasteiger partial charge in [0.05, 0.1) is 18.2 Å². The lowest BCUT2D eigenvalue weighted by atomic mass is 10.0. The summed E-state index contributed by atoms with van der Waals surface area (Å²) in [5, 5.41) is 9.45. The highest BCUT2D eigenvalue weighted by Gasteiger charge is 2.10. The highest BCUT2D eigenvalue weighted by Crippen LogP contribution is 2.31. The molecule has 3 rings (SSSR count). The van der Waals surface area contributed by atoms with Crippen LogP contribution in [0.4, 0.5) is 8.78 Å². The Kier molecular flexibility index (Phi) is 6.59. The number of ether oxygens (including phenoxy) is 2. The van der Waals surface area contributed by atoms with Gasteiger partial charge in [-0.1, -0.05) is 36.4 Å². The molecule has 0 aliphatic carbocycles. The lowest BCUT2D eigenvalue weighted by molar-refractivity contribution is 0.269. The number of rotatable bonds is 7. The van der Waals surface area contributed by atoms with Crippen molar-refractivity contribution in [2.45, 2.75) is 13.5 Å². The number of hydrogen-bond acceptors (Lipinski definition) is 3.